The number of sulfone groups is 1. The van der Waals surface area contributed by atoms with Gasteiger partial charge in [0.25, 0.3) is 0 Å². The van der Waals surface area contributed by atoms with Crippen LogP contribution in [-0.2, 0) is 14.6 Å². The van der Waals surface area contributed by atoms with Gasteiger partial charge >= 0.3 is 0 Å². The third kappa shape index (κ3) is 2.58. The van der Waals surface area contributed by atoms with Crippen LogP contribution in [0, 0.1) is 5.41 Å². The average molecular weight is 275 g/mol. The molecule has 0 atom stereocenters. The van der Waals surface area contributed by atoms with Gasteiger partial charge in [0.15, 0.2) is 9.84 Å². The highest BCUT2D eigenvalue weighted by Crippen LogP contribution is 2.57. The van der Waals surface area contributed by atoms with Gasteiger partial charge in [-0.05, 0) is 44.1 Å². The van der Waals surface area contributed by atoms with Crippen LogP contribution in [0.3, 0.4) is 0 Å². The third-order valence-corrected chi connectivity index (χ3v) is 6.61. The number of ether oxygens (including phenoxy) is 1. The smallest absolute Gasteiger partial charge is 0.154 e. The number of hydrogen-bond donors (Lipinski definition) is 1. The molecule has 4 nitrogen and oxygen atoms in total. The van der Waals surface area contributed by atoms with Crippen LogP contribution in [0.1, 0.15) is 39.0 Å². The van der Waals surface area contributed by atoms with E-state index in [0.29, 0.717) is 6.54 Å². The van der Waals surface area contributed by atoms with Gasteiger partial charge in [-0.15, -0.1) is 0 Å². The quantitative estimate of drug-likeness (QED) is 0.770. The zero-order chi connectivity index (χ0) is 13.3. The third-order valence-electron chi connectivity index (χ3n) is 4.61. The van der Waals surface area contributed by atoms with Crippen LogP contribution in [0.5, 0.6) is 0 Å². The Morgan fingerprint density at radius 3 is 2.33 bits per heavy atom. The molecule has 0 unspecified atom stereocenters. The summed E-state index contributed by atoms with van der Waals surface area (Å²) in [7, 11) is -2.99. The van der Waals surface area contributed by atoms with Crippen LogP contribution in [0.4, 0.5) is 0 Å². The highest BCUT2D eigenvalue weighted by atomic mass is 32.2. The lowest BCUT2D eigenvalue weighted by atomic mass is 9.57. The molecule has 1 spiro atoms. The van der Waals surface area contributed by atoms with E-state index in [4.69, 9.17) is 4.74 Å². The fourth-order valence-electron chi connectivity index (χ4n) is 3.48. The molecule has 2 rings (SSSR count). The van der Waals surface area contributed by atoms with E-state index >= 15 is 0 Å². The Morgan fingerprint density at radius 1 is 1.22 bits per heavy atom. The summed E-state index contributed by atoms with van der Waals surface area (Å²) in [6, 6.07) is 0. The monoisotopic (exact) mass is 275 g/mol. The summed E-state index contributed by atoms with van der Waals surface area (Å²) >= 11 is 0. The first-order chi connectivity index (χ1) is 8.43. The second-order valence-corrected chi connectivity index (χ2v) is 8.51. The Labute approximate surface area is 110 Å². The zero-order valence-corrected chi connectivity index (χ0v) is 12.3. The summed E-state index contributed by atoms with van der Waals surface area (Å²) in [5.41, 5.74) is 0.245. The fourth-order valence-corrected chi connectivity index (χ4v) is 4.99. The van der Waals surface area contributed by atoms with Gasteiger partial charge in [-0.1, -0.05) is 6.92 Å². The van der Waals surface area contributed by atoms with E-state index in [2.05, 4.69) is 12.2 Å². The predicted molar refractivity (Wildman–Crippen MR) is 72.5 cm³/mol. The molecule has 1 aliphatic carbocycles. The Hall–Kier alpha value is -0.130. The number of hydrogen-bond acceptors (Lipinski definition) is 4. The lowest BCUT2D eigenvalue weighted by Crippen LogP contribution is -2.62. The van der Waals surface area contributed by atoms with Gasteiger partial charge in [0.2, 0.25) is 0 Å². The van der Waals surface area contributed by atoms with E-state index in [1.54, 1.807) is 0 Å². The van der Waals surface area contributed by atoms with Gasteiger partial charge in [0, 0.05) is 26.0 Å². The van der Waals surface area contributed by atoms with E-state index in [1.165, 1.54) is 6.26 Å². The van der Waals surface area contributed by atoms with Gasteiger partial charge in [-0.2, -0.15) is 0 Å². The summed E-state index contributed by atoms with van der Waals surface area (Å²) < 4.78 is 29.0. The Kier molecular flexibility index (Phi) is 4.04. The Morgan fingerprint density at radius 2 is 1.83 bits per heavy atom. The van der Waals surface area contributed by atoms with Crippen LogP contribution in [0.15, 0.2) is 0 Å². The van der Waals surface area contributed by atoms with E-state index in [1.807, 2.05) is 0 Å². The molecule has 1 heterocycles. The molecule has 2 fully saturated rings. The fraction of sp³-hybridized carbons (Fsp3) is 1.00. The molecule has 1 saturated heterocycles. The zero-order valence-electron chi connectivity index (χ0n) is 11.5. The molecule has 18 heavy (non-hydrogen) atoms. The molecule has 0 aromatic carbocycles. The minimum atomic E-state index is -2.99. The van der Waals surface area contributed by atoms with E-state index in [0.717, 1.165) is 51.9 Å². The van der Waals surface area contributed by atoms with Crippen molar-refractivity contribution in [3.63, 3.8) is 0 Å². The predicted octanol–water partition coefficient (Wildman–Crippen LogP) is 1.36. The molecule has 1 aliphatic heterocycles. The molecule has 106 valence electrons. The van der Waals surface area contributed by atoms with Crippen LogP contribution in [0.2, 0.25) is 0 Å². The summed E-state index contributed by atoms with van der Waals surface area (Å²) in [6.07, 6.45) is 6.12. The molecule has 0 aromatic heterocycles. The second kappa shape index (κ2) is 5.10. The van der Waals surface area contributed by atoms with Crippen molar-refractivity contribution in [3.05, 3.63) is 0 Å². The van der Waals surface area contributed by atoms with Gasteiger partial charge in [-0.25, -0.2) is 8.42 Å². The first-order valence-electron chi connectivity index (χ1n) is 6.91. The summed E-state index contributed by atoms with van der Waals surface area (Å²) in [5, 5.41) is 3.30. The Bertz CT molecular complexity index is 377. The lowest BCUT2D eigenvalue weighted by Gasteiger charge is -2.56. The van der Waals surface area contributed by atoms with Crippen molar-refractivity contribution in [1.82, 2.24) is 5.32 Å². The van der Waals surface area contributed by atoms with Crippen LogP contribution >= 0.6 is 0 Å². The molecule has 5 heteroatoms. The summed E-state index contributed by atoms with van der Waals surface area (Å²) in [5.74, 6) is 0. The standard InChI is InChI=1S/C13H25NO3S/c1-3-6-14-11-13(18(2,15)16)9-12(10-13)4-7-17-8-5-12/h14H,3-11H2,1-2H3. The molecular weight excluding hydrogens is 250 g/mol. The van der Waals surface area contributed by atoms with Gasteiger partial charge in [0.05, 0.1) is 4.75 Å². The first kappa shape index (κ1) is 14.3. The van der Waals surface area contributed by atoms with Crippen molar-refractivity contribution in [2.45, 2.75) is 43.8 Å². The number of nitrogens with one attached hydrogen (secondary N) is 1. The van der Waals surface area contributed by atoms with Gasteiger partial charge in [0.1, 0.15) is 0 Å². The normalized spacial score (nSPS) is 25.9. The Balaban J connectivity index is 2.02. The van der Waals surface area contributed by atoms with Crippen LogP contribution in [0.25, 0.3) is 0 Å². The van der Waals surface area contributed by atoms with E-state index < -0.39 is 14.6 Å². The van der Waals surface area contributed by atoms with Crippen molar-refractivity contribution in [3.8, 4) is 0 Å². The maximum Gasteiger partial charge on any atom is 0.154 e. The minimum absolute atomic E-state index is 0.245. The highest BCUT2D eigenvalue weighted by Gasteiger charge is 2.59. The second-order valence-electron chi connectivity index (χ2n) is 6.10. The van der Waals surface area contributed by atoms with Gasteiger partial charge < -0.3 is 10.1 Å². The van der Waals surface area contributed by atoms with Crippen molar-refractivity contribution < 1.29 is 13.2 Å². The molecule has 1 saturated carbocycles. The summed E-state index contributed by atoms with van der Waals surface area (Å²) in [4.78, 5) is 0. The number of rotatable bonds is 5. The van der Waals surface area contributed by atoms with Crippen molar-refractivity contribution in [2.75, 3.05) is 32.6 Å². The van der Waals surface area contributed by atoms with Crippen molar-refractivity contribution in [1.29, 1.82) is 0 Å². The largest absolute Gasteiger partial charge is 0.381 e. The van der Waals surface area contributed by atoms with Crippen molar-refractivity contribution >= 4 is 9.84 Å². The molecule has 1 N–H and O–H groups in total. The van der Waals surface area contributed by atoms with E-state index in [-0.39, 0.29) is 5.41 Å². The van der Waals surface area contributed by atoms with Crippen LogP contribution < -0.4 is 5.32 Å². The maximum absolute atomic E-state index is 12.1. The molecule has 0 aromatic rings. The van der Waals surface area contributed by atoms with Crippen LogP contribution in [-0.4, -0.2) is 45.7 Å². The highest BCUT2D eigenvalue weighted by molar-refractivity contribution is 7.92. The van der Waals surface area contributed by atoms with E-state index in [9.17, 15) is 8.42 Å². The lowest BCUT2D eigenvalue weighted by molar-refractivity contribution is -0.0487. The van der Waals surface area contributed by atoms with Crippen molar-refractivity contribution in [2.24, 2.45) is 5.41 Å². The first-order valence-corrected chi connectivity index (χ1v) is 8.80. The molecule has 0 bridgehead atoms. The molecule has 0 radical (unpaired) electrons. The molecule has 2 aliphatic rings. The minimum Gasteiger partial charge on any atom is -0.381 e. The maximum atomic E-state index is 12.1. The average Bonchev–Trinajstić information content (AvgIpc) is 2.26. The molecule has 0 amide bonds. The molecular formula is C13H25NO3S. The van der Waals surface area contributed by atoms with Gasteiger partial charge in [-0.3, -0.25) is 0 Å². The SMILES string of the molecule is CCCNCC1(S(C)(=O)=O)CC2(CCOCC2)C1. The topological polar surface area (TPSA) is 55.4 Å². The summed E-state index contributed by atoms with van der Waals surface area (Å²) in [6.45, 7) is 5.20.